The van der Waals surface area contributed by atoms with Crippen molar-refractivity contribution in [3.63, 3.8) is 0 Å². The number of methoxy groups -OCH3 is 2. The monoisotopic (exact) mass is 358 g/mol. The molecule has 25 heavy (non-hydrogen) atoms. The van der Waals surface area contributed by atoms with Crippen LogP contribution in [-0.4, -0.2) is 34.2 Å². The van der Waals surface area contributed by atoms with Gasteiger partial charge < -0.3 is 9.47 Å². The molecular weight excluding hydrogens is 340 g/mol. The highest BCUT2D eigenvalue weighted by atomic mass is 32.2. The Balaban J connectivity index is 2.07. The maximum atomic E-state index is 12.8. The standard InChI is InChI=1S/C19H18O5S/c1-23-16-8-7-13(12-17(16)24-2)11-14-9-10-25(21,22)18-6-4-3-5-15(18)19(14)20/h3-8,11-12H,9-10H2,1-2H3/b14-11-. The number of allylic oxidation sites excluding steroid dienone is 1. The highest BCUT2D eigenvalue weighted by molar-refractivity contribution is 7.91. The predicted octanol–water partition coefficient (Wildman–Crippen LogP) is 3.15. The van der Waals surface area contributed by atoms with Gasteiger partial charge in [0.05, 0.1) is 24.9 Å². The van der Waals surface area contributed by atoms with Gasteiger partial charge >= 0.3 is 0 Å². The molecule has 0 saturated heterocycles. The molecular formula is C19H18O5S. The lowest BCUT2D eigenvalue weighted by Gasteiger charge is -2.09. The zero-order valence-corrected chi connectivity index (χ0v) is 14.8. The van der Waals surface area contributed by atoms with E-state index in [0.29, 0.717) is 17.1 Å². The number of sulfone groups is 1. The number of carbonyl (C=O) groups excluding carboxylic acids is 1. The summed E-state index contributed by atoms with van der Waals surface area (Å²) in [5, 5.41) is 0. The number of hydrogen-bond acceptors (Lipinski definition) is 5. The highest BCUT2D eigenvalue weighted by Crippen LogP contribution is 2.31. The van der Waals surface area contributed by atoms with Crippen molar-refractivity contribution in [3.8, 4) is 11.5 Å². The molecule has 0 bridgehead atoms. The normalized spacial score (nSPS) is 17.7. The summed E-state index contributed by atoms with van der Waals surface area (Å²) in [5.41, 5.74) is 1.44. The molecule has 3 rings (SSSR count). The van der Waals surface area contributed by atoms with Crippen LogP contribution < -0.4 is 9.47 Å². The molecule has 1 aliphatic heterocycles. The number of rotatable bonds is 3. The summed E-state index contributed by atoms with van der Waals surface area (Å²) in [6, 6.07) is 11.7. The topological polar surface area (TPSA) is 69.7 Å². The van der Waals surface area contributed by atoms with E-state index in [9.17, 15) is 13.2 Å². The number of ketones is 1. The molecule has 0 saturated carbocycles. The molecule has 0 N–H and O–H groups in total. The van der Waals surface area contributed by atoms with Crippen molar-refractivity contribution < 1.29 is 22.7 Å². The van der Waals surface area contributed by atoms with Gasteiger partial charge in [-0.25, -0.2) is 8.42 Å². The van der Waals surface area contributed by atoms with Gasteiger partial charge in [0, 0.05) is 11.1 Å². The Hall–Kier alpha value is -2.60. The van der Waals surface area contributed by atoms with Crippen molar-refractivity contribution in [1.82, 2.24) is 0 Å². The summed E-state index contributed by atoms with van der Waals surface area (Å²) in [6.45, 7) is 0. The molecule has 2 aromatic carbocycles. The average Bonchev–Trinajstić information content (AvgIpc) is 2.72. The zero-order valence-electron chi connectivity index (χ0n) is 14.0. The summed E-state index contributed by atoms with van der Waals surface area (Å²) < 4.78 is 35.3. The third-order valence-electron chi connectivity index (χ3n) is 4.15. The number of benzene rings is 2. The molecule has 0 unspecified atom stereocenters. The SMILES string of the molecule is COc1ccc(/C=C2/CCS(=O)(=O)c3ccccc3C2=O)cc1OC. The van der Waals surface area contributed by atoms with Crippen LogP contribution in [0, 0.1) is 0 Å². The highest BCUT2D eigenvalue weighted by Gasteiger charge is 2.28. The van der Waals surface area contributed by atoms with Gasteiger partial charge in [0.1, 0.15) is 0 Å². The quantitative estimate of drug-likeness (QED) is 0.789. The van der Waals surface area contributed by atoms with Crippen molar-refractivity contribution in [2.24, 2.45) is 0 Å². The molecule has 0 atom stereocenters. The first-order valence-corrected chi connectivity index (χ1v) is 9.40. The van der Waals surface area contributed by atoms with Crippen LogP contribution in [-0.2, 0) is 9.84 Å². The van der Waals surface area contributed by atoms with Crippen LogP contribution in [0.3, 0.4) is 0 Å². The smallest absolute Gasteiger partial charge is 0.190 e. The van der Waals surface area contributed by atoms with Crippen LogP contribution >= 0.6 is 0 Å². The lowest BCUT2D eigenvalue weighted by molar-refractivity contribution is 0.103. The molecule has 1 aliphatic rings. The summed E-state index contributed by atoms with van der Waals surface area (Å²) in [6.07, 6.45) is 1.88. The van der Waals surface area contributed by atoms with E-state index in [1.165, 1.54) is 13.2 Å². The van der Waals surface area contributed by atoms with Gasteiger partial charge in [-0.15, -0.1) is 0 Å². The minimum atomic E-state index is -3.47. The summed E-state index contributed by atoms with van der Waals surface area (Å²) >= 11 is 0. The minimum absolute atomic E-state index is 0.0884. The zero-order chi connectivity index (χ0) is 18.0. The Bertz CT molecular complexity index is 958. The van der Waals surface area contributed by atoms with E-state index in [-0.39, 0.29) is 28.4 Å². The third kappa shape index (κ3) is 3.30. The van der Waals surface area contributed by atoms with E-state index >= 15 is 0 Å². The molecule has 0 amide bonds. The Morgan fingerprint density at radius 3 is 2.44 bits per heavy atom. The van der Waals surface area contributed by atoms with Gasteiger partial charge in [-0.05, 0) is 42.3 Å². The van der Waals surface area contributed by atoms with Crippen LogP contribution in [0.1, 0.15) is 22.3 Å². The van der Waals surface area contributed by atoms with Crippen LogP contribution in [0.15, 0.2) is 52.9 Å². The molecule has 0 radical (unpaired) electrons. The Kier molecular flexibility index (Phi) is 4.63. The number of Topliss-reactive ketones (excluding diaryl/α,β-unsaturated/α-hetero) is 1. The molecule has 0 aromatic heterocycles. The predicted molar refractivity (Wildman–Crippen MR) is 95.0 cm³/mol. The molecule has 2 aromatic rings. The van der Waals surface area contributed by atoms with E-state index in [0.717, 1.165) is 5.56 Å². The fourth-order valence-electron chi connectivity index (χ4n) is 2.85. The van der Waals surface area contributed by atoms with Crippen molar-refractivity contribution in [2.75, 3.05) is 20.0 Å². The lowest BCUT2D eigenvalue weighted by atomic mass is 9.99. The number of carbonyl (C=O) groups is 1. The maximum absolute atomic E-state index is 12.8. The van der Waals surface area contributed by atoms with Gasteiger partial charge in [0.15, 0.2) is 27.1 Å². The van der Waals surface area contributed by atoms with E-state index in [2.05, 4.69) is 0 Å². The van der Waals surface area contributed by atoms with Gasteiger partial charge in [0.2, 0.25) is 0 Å². The summed E-state index contributed by atoms with van der Waals surface area (Å²) in [4.78, 5) is 12.9. The van der Waals surface area contributed by atoms with Crippen LogP contribution in [0.2, 0.25) is 0 Å². The number of hydrogen-bond donors (Lipinski definition) is 0. The molecule has 5 nitrogen and oxygen atoms in total. The van der Waals surface area contributed by atoms with E-state index in [1.807, 2.05) is 0 Å². The van der Waals surface area contributed by atoms with Crippen molar-refractivity contribution in [1.29, 1.82) is 0 Å². The molecule has 0 aliphatic carbocycles. The molecule has 0 spiro atoms. The van der Waals surface area contributed by atoms with Crippen molar-refractivity contribution in [3.05, 3.63) is 59.2 Å². The van der Waals surface area contributed by atoms with E-state index in [1.54, 1.807) is 49.6 Å². The second-order valence-corrected chi connectivity index (χ2v) is 7.76. The largest absolute Gasteiger partial charge is 0.493 e. The third-order valence-corrected chi connectivity index (χ3v) is 5.91. The van der Waals surface area contributed by atoms with Crippen molar-refractivity contribution in [2.45, 2.75) is 11.3 Å². The maximum Gasteiger partial charge on any atom is 0.190 e. The Labute approximate surface area is 146 Å². The van der Waals surface area contributed by atoms with Gasteiger partial charge in [0.25, 0.3) is 0 Å². The fraction of sp³-hybridized carbons (Fsp3) is 0.211. The summed E-state index contributed by atoms with van der Waals surface area (Å²) in [5.74, 6) is 0.789. The minimum Gasteiger partial charge on any atom is -0.493 e. The summed E-state index contributed by atoms with van der Waals surface area (Å²) in [7, 11) is -0.382. The lowest BCUT2D eigenvalue weighted by Crippen LogP contribution is -2.06. The fourth-order valence-corrected chi connectivity index (χ4v) is 4.34. The van der Waals surface area contributed by atoms with Crippen LogP contribution in [0.25, 0.3) is 6.08 Å². The first kappa shape index (κ1) is 17.2. The first-order chi connectivity index (χ1) is 12.0. The number of ether oxygens (including phenoxy) is 2. The van der Waals surface area contributed by atoms with Gasteiger partial charge in [-0.1, -0.05) is 18.2 Å². The molecule has 130 valence electrons. The molecule has 0 fully saturated rings. The Morgan fingerprint density at radius 1 is 1.00 bits per heavy atom. The van der Waals surface area contributed by atoms with Crippen LogP contribution in [0.4, 0.5) is 0 Å². The van der Waals surface area contributed by atoms with E-state index < -0.39 is 9.84 Å². The van der Waals surface area contributed by atoms with Crippen LogP contribution in [0.5, 0.6) is 11.5 Å². The average molecular weight is 358 g/mol. The number of fused-ring (bicyclic) bond motifs is 1. The second kappa shape index (κ2) is 6.72. The molecule has 6 heteroatoms. The van der Waals surface area contributed by atoms with Gasteiger partial charge in [-0.2, -0.15) is 0 Å². The molecule has 1 heterocycles. The second-order valence-electron chi connectivity index (χ2n) is 5.68. The van der Waals surface area contributed by atoms with Gasteiger partial charge in [-0.3, -0.25) is 4.79 Å². The first-order valence-electron chi connectivity index (χ1n) is 7.75. The van der Waals surface area contributed by atoms with Crippen molar-refractivity contribution >= 4 is 21.7 Å². The Morgan fingerprint density at radius 2 is 1.72 bits per heavy atom. The van der Waals surface area contributed by atoms with E-state index in [4.69, 9.17) is 9.47 Å².